The fourth-order valence-electron chi connectivity index (χ4n) is 3.83. The van der Waals surface area contributed by atoms with Crippen molar-refractivity contribution in [3.8, 4) is 11.5 Å². The number of rotatable bonds is 7. The maximum atomic E-state index is 14.1. The molecular formula is C25H26FN3O4S. The standard InChI is InChI=1S/C25H26FN3O4S/c1-34(31,32)29(20-11-13-22(14-12-20)33-21-7-3-2-4-8-21)19-25(30)28-17-15-27(16-18-28)24-10-6-5-9-23(24)26/h2-14H,15-19H2,1H3. The number of nitrogens with zero attached hydrogens (tertiary/aromatic N) is 3. The van der Waals surface area contributed by atoms with Crippen LogP contribution in [0.3, 0.4) is 0 Å². The average molecular weight is 484 g/mol. The van der Waals surface area contributed by atoms with Crippen molar-refractivity contribution in [2.24, 2.45) is 0 Å². The van der Waals surface area contributed by atoms with E-state index in [9.17, 15) is 17.6 Å². The van der Waals surface area contributed by atoms with Gasteiger partial charge in [-0.3, -0.25) is 9.10 Å². The molecule has 1 aliphatic heterocycles. The van der Waals surface area contributed by atoms with E-state index in [2.05, 4.69) is 0 Å². The number of benzene rings is 3. The molecule has 0 aliphatic carbocycles. The molecule has 178 valence electrons. The Morgan fingerprint density at radius 1 is 0.882 bits per heavy atom. The zero-order valence-electron chi connectivity index (χ0n) is 18.8. The molecule has 1 amide bonds. The van der Waals surface area contributed by atoms with E-state index < -0.39 is 10.0 Å². The van der Waals surface area contributed by atoms with Gasteiger partial charge in [-0.25, -0.2) is 12.8 Å². The van der Waals surface area contributed by atoms with Gasteiger partial charge in [0.15, 0.2) is 0 Å². The van der Waals surface area contributed by atoms with E-state index >= 15 is 0 Å². The summed E-state index contributed by atoms with van der Waals surface area (Å²) in [5.74, 6) is 0.618. The molecule has 0 atom stereocenters. The van der Waals surface area contributed by atoms with Crippen molar-refractivity contribution in [1.29, 1.82) is 0 Å². The molecule has 7 nitrogen and oxygen atoms in total. The second kappa shape index (κ2) is 10.1. The lowest BCUT2D eigenvalue weighted by molar-refractivity contribution is -0.129. The van der Waals surface area contributed by atoms with Crippen LogP contribution in [0.25, 0.3) is 0 Å². The maximum Gasteiger partial charge on any atom is 0.243 e. The number of carbonyl (C=O) groups excluding carboxylic acids is 1. The van der Waals surface area contributed by atoms with Crippen molar-refractivity contribution in [1.82, 2.24) is 4.90 Å². The molecule has 4 rings (SSSR count). The zero-order valence-corrected chi connectivity index (χ0v) is 19.6. The normalized spacial score (nSPS) is 14.1. The Morgan fingerprint density at radius 2 is 1.47 bits per heavy atom. The molecule has 0 bridgehead atoms. The SMILES string of the molecule is CS(=O)(=O)N(CC(=O)N1CCN(c2ccccc2F)CC1)c1ccc(Oc2ccccc2)cc1. The molecule has 1 fully saturated rings. The molecule has 0 aromatic heterocycles. The highest BCUT2D eigenvalue weighted by Crippen LogP contribution is 2.26. The fraction of sp³-hybridized carbons (Fsp3) is 0.240. The van der Waals surface area contributed by atoms with Gasteiger partial charge in [0.2, 0.25) is 15.9 Å². The smallest absolute Gasteiger partial charge is 0.243 e. The molecule has 0 saturated carbocycles. The minimum absolute atomic E-state index is 0.301. The number of hydrogen-bond acceptors (Lipinski definition) is 5. The quantitative estimate of drug-likeness (QED) is 0.512. The van der Waals surface area contributed by atoms with Crippen molar-refractivity contribution in [3.05, 3.63) is 84.7 Å². The Hall–Kier alpha value is -3.59. The zero-order chi connectivity index (χ0) is 24.1. The van der Waals surface area contributed by atoms with Crippen molar-refractivity contribution in [2.45, 2.75) is 0 Å². The van der Waals surface area contributed by atoms with Crippen LogP contribution in [0.5, 0.6) is 11.5 Å². The number of sulfonamides is 1. The summed E-state index contributed by atoms with van der Waals surface area (Å²) >= 11 is 0. The predicted octanol–water partition coefficient (Wildman–Crippen LogP) is 3.73. The Kier molecular flexibility index (Phi) is 7.02. The number of amides is 1. The largest absolute Gasteiger partial charge is 0.457 e. The van der Waals surface area contributed by atoms with Gasteiger partial charge < -0.3 is 14.5 Å². The summed E-state index contributed by atoms with van der Waals surface area (Å²) in [6.07, 6.45) is 1.07. The first-order chi connectivity index (χ1) is 16.3. The van der Waals surface area contributed by atoms with Crippen LogP contribution in [0.15, 0.2) is 78.9 Å². The van der Waals surface area contributed by atoms with E-state index in [1.807, 2.05) is 35.2 Å². The van der Waals surface area contributed by atoms with Crippen LogP contribution in [-0.4, -0.2) is 58.2 Å². The lowest BCUT2D eigenvalue weighted by Gasteiger charge is -2.37. The number of carbonyl (C=O) groups is 1. The number of halogens is 1. The van der Waals surface area contributed by atoms with Crippen LogP contribution in [0.4, 0.5) is 15.8 Å². The van der Waals surface area contributed by atoms with Crippen molar-refractivity contribution in [2.75, 3.05) is 48.2 Å². The second-order valence-electron chi connectivity index (χ2n) is 8.00. The molecule has 0 spiro atoms. The lowest BCUT2D eigenvalue weighted by atomic mass is 10.2. The third kappa shape index (κ3) is 5.66. The first kappa shape index (κ1) is 23.6. The molecule has 0 radical (unpaired) electrons. The fourth-order valence-corrected chi connectivity index (χ4v) is 4.68. The van der Waals surface area contributed by atoms with Crippen LogP contribution in [0.2, 0.25) is 0 Å². The van der Waals surface area contributed by atoms with Crippen molar-refractivity contribution in [3.63, 3.8) is 0 Å². The molecular weight excluding hydrogens is 457 g/mol. The highest BCUT2D eigenvalue weighted by Gasteiger charge is 2.27. The minimum atomic E-state index is -3.70. The maximum absolute atomic E-state index is 14.1. The van der Waals surface area contributed by atoms with Gasteiger partial charge in [0.25, 0.3) is 0 Å². The van der Waals surface area contributed by atoms with E-state index in [0.717, 1.165) is 10.6 Å². The summed E-state index contributed by atoms with van der Waals surface area (Å²) in [5, 5.41) is 0. The number of hydrogen-bond donors (Lipinski definition) is 0. The topological polar surface area (TPSA) is 70.2 Å². The third-order valence-corrected chi connectivity index (χ3v) is 6.75. The number of para-hydroxylation sites is 2. The molecule has 1 saturated heterocycles. The molecule has 34 heavy (non-hydrogen) atoms. The molecule has 0 unspecified atom stereocenters. The van der Waals surface area contributed by atoms with Crippen molar-refractivity contribution < 1.29 is 22.3 Å². The van der Waals surface area contributed by atoms with Gasteiger partial charge >= 0.3 is 0 Å². The Balaban J connectivity index is 1.41. The van der Waals surface area contributed by atoms with Gasteiger partial charge in [0, 0.05) is 26.2 Å². The van der Waals surface area contributed by atoms with Gasteiger partial charge in [-0.05, 0) is 48.5 Å². The van der Waals surface area contributed by atoms with E-state index in [0.29, 0.717) is 49.1 Å². The third-order valence-electron chi connectivity index (χ3n) is 5.61. The predicted molar refractivity (Wildman–Crippen MR) is 130 cm³/mol. The molecule has 1 aliphatic rings. The van der Waals surface area contributed by atoms with E-state index in [1.54, 1.807) is 47.4 Å². The summed E-state index contributed by atoms with van der Waals surface area (Å²) < 4.78 is 45.9. The first-order valence-corrected chi connectivity index (χ1v) is 12.7. The summed E-state index contributed by atoms with van der Waals surface area (Å²) in [6.45, 7) is 1.40. The Morgan fingerprint density at radius 3 is 2.09 bits per heavy atom. The van der Waals surface area contributed by atoms with Crippen LogP contribution in [-0.2, 0) is 14.8 Å². The van der Waals surface area contributed by atoms with Gasteiger partial charge in [-0.2, -0.15) is 0 Å². The molecule has 1 heterocycles. The van der Waals surface area contributed by atoms with Crippen LogP contribution < -0.4 is 13.9 Å². The summed E-state index contributed by atoms with van der Waals surface area (Å²) in [7, 11) is -3.70. The van der Waals surface area contributed by atoms with Gasteiger partial charge in [-0.15, -0.1) is 0 Å². The molecule has 3 aromatic carbocycles. The van der Waals surface area contributed by atoms with Gasteiger partial charge in [-0.1, -0.05) is 30.3 Å². The lowest BCUT2D eigenvalue weighted by Crippen LogP contribution is -2.52. The van der Waals surface area contributed by atoms with Crippen molar-refractivity contribution >= 4 is 27.3 Å². The van der Waals surface area contributed by atoms with Crippen LogP contribution >= 0.6 is 0 Å². The summed E-state index contributed by atoms with van der Waals surface area (Å²) in [6, 6.07) is 22.3. The molecule has 0 N–H and O–H groups in total. The van der Waals surface area contributed by atoms with Gasteiger partial charge in [0.1, 0.15) is 23.9 Å². The number of ether oxygens (including phenoxy) is 1. The Bertz CT molecular complexity index is 1230. The summed E-state index contributed by atoms with van der Waals surface area (Å²) in [5.41, 5.74) is 0.881. The molecule has 9 heteroatoms. The van der Waals surface area contributed by atoms with E-state index in [4.69, 9.17) is 4.74 Å². The summed E-state index contributed by atoms with van der Waals surface area (Å²) in [4.78, 5) is 16.5. The van der Waals surface area contributed by atoms with E-state index in [-0.39, 0.29) is 18.3 Å². The highest BCUT2D eigenvalue weighted by molar-refractivity contribution is 7.92. The van der Waals surface area contributed by atoms with E-state index in [1.165, 1.54) is 6.07 Å². The Labute approximate surface area is 199 Å². The first-order valence-electron chi connectivity index (χ1n) is 10.9. The second-order valence-corrected chi connectivity index (χ2v) is 9.90. The number of anilines is 2. The average Bonchev–Trinajstić information content (AvgIpc) is 2.83. The van der Waals surface area contributed by atoms with Crippen LogP contribution in [0, 0.1) is 5.82 Å². The highest BCUT2D eigenvalue weighted by atomic mass is 32.2. The van der Waals surface area contributed by atoms with Gasteiger partial charge in [0.05, 0.1) is 17.6 Å². The minimum Gasteiger partial charge on any atom is -0.457 e. The van der Waals surface area contributed by atoms with Crippen LogP contribution in [0.1, 0.15) is 0 Å². The molecule has 3 aromatic rings. The number of piperazine rings is 1. The monoisotopic (exact) mass is 483 g/mol.